The van der Waals surface area contributed by atoms with Gasteiger partial charge >= 0.3 is 5.97 Å². The molecule has 1 aliphatic heterocycles. The van der Waals surface area contributed by atoms with Crippen LogP contribution in [-0.4, -0.2) is 29.1 Å². The number of carbonyl (C=O) groups is 1. The van der Waals surface area contributed by atoms with Crippen molar-refractivity contribution in [2.75, 3.05) is 13.1 Å². The maximum absolute atomic E-state index is 11.2. The number of carboxylic acids is 1. The Morgan fingerprint density at radius 2 is 1.78 bits per heavy atom. The molecule has 0 radical (unpaired) electrons. The van der Waals surface area contributed by atoms with E-state index in [1.807, 2.05) is 11.3 Å². The second-order valence-electron chi connectivity index (χ2n) is 6.41. The molecular formula is C19H23NO2S. The number of carboxylic acid groups (broad SMARTS) is 1. The summed E-state index contributed by atoms with van der Waals surface area (Å²) in [5.41, 5.74) is 2.56. The molecule has 1 N–H and O–H groups in total. The number of benzene rings is 1. The van der Waals surface area contributed by atoms with Gasteiger partial charge in [0.2, 0.25) is 0 Å². The summed E-state index contributed by atoms with van der Waals surface area (Å²) < 4.78 is 0. The van der Waals surface area contributed by atoms with Crippen LogP contribution in [0.2, 0.25) is 0 Å². The predicted octanol–water partition coefficient (Wildman–Crippen LogP) is 4.25. The van der Waals surface area contributed by atoms with Crippen molar-refractivity contribution in [1.29, 1.82) is 0 Å². The molecule has 3 nitrogen and oxygen atoms in total. The van der Waals surface area contributed by atoms with Crippen molar-refractivity contribution in [2.24, 2.45) is 5.92 Å². The second kappa shape index (κ2) is 6.85. The molecule has 2 heterocycles. The molecule has 2 aromatic rings. The van der Waals surface area contributed by atoms with E-state index >= 15 is 0 Å². The summed E-state index contributed by atoms with van der Waals surface area (Å²) in [6, 6.07) is 13.4. The van der Waals surface area contributed by atoms with Crippen LogP contribution in [-0.2, 0) is 4.79 Å². The first-order valence-electron chi connectivity index (χ1n) is 8.14. The average Bonchev–Trinajstić information content (AvgIpc) is 2.96. The molecule has 1 atom stereocenters. The minimum absolute atomic E-state index is 0.185. The number of aryl methyl sites for hydroxylation is 2. The highest BCUT2D eigenvalue weighted by atomic mass is 32.1. The molecular weight excluding hydrogens is 306 g/mol. The van der Waals surface area contributed by atoms with E-state index < -0.39 is 5.97 Å². The van der Waals surface area contributed by atoms with E-state index in [9.17, 15) is 9.90 Å². The van der Waals surface area contributed by atoms with E-state index in [4.69, 9.17) is 0 Å². The summed E-state index contributed by atoms with van der Waals surface area (Å²) in [6.07, 6.45) is 1.48. The van der Waals surface area contributed by atoms with Crippen LogP contribution in [0.15, 0.2) is 36.4 Å². The summed E-state index contributed by atoms with van der Waals surface area (Å²) in [5, 5.41) is 9.21. The third kappa shape index (κ3) is 3.65. The predicted molar refractivity (Wildman–Crippen MR) is 94.0 cm³/mol. The smallest absolute Gasteiger partial charge is 0.306 e. The van der Waals surface area contributed by atoms with Crippen molar-refractivity contribution in [3.63, 3.8) is 0 Å². The van der Waals surface area contributed by atoms with Crippen LogP contribution < -0.4 is 0 Å². The summed E-state index contributed by atoms with van der Waals surface area (Å²) in [7, 11) is 0. The lowest BCUT2D eigenvalue weighted by molar-refractivity contribution is -0.143. The molecule has 0 aliphatic carbocycles. The van der Waals surface area contributed by atoms with Gasteiger partial charge in [-0.2, -0.15) is 0 Å². The van der Waals surface area contributed by atoms with E-state index in [1.54, 1.807) is 0 Å². The molecule has 1 aliphatic rings. The largest absolute Gasteiger partial charge is 0.481 e. The van der Waals surface area contributed by atoms with Crippen LogP contribution in [0, 0.1) is 19.8 Å². The van der Waals surface area contributed by atoms with Crippen LogP contribution in [0.25, 0.3) is 0 Å². The number of aliphatic carboxylic acids is 1. The monoisotopic (exact) mass is 329 g/mol. The van der Waals surface area contributed by atoms with Crippen molar-refractivity contribution in [2.45, 2.75) is 32.7 Å². The summed E-state index contributed by atoms with van der Waals surface area (Å²) in [5.74, 6) is -0.835. The van der Waals surface area contributed by atoms with Crippen molar-refractivity contribution < 1.29 is 9.90 Å². The summed E-state index contributed by atoms with van der Waals surface area (Å²) >= 11 is 1.84. The molecule has 0 saturated carbocycles. The number of thiophene rings is 1. The molecule has 0 amide bonds. The lowest BCUT2D eigenvalue weighted by Crippen LogP contribution is -2.39. The summed E-state index contributed by atoms with van der Waals surface area (Å²) in [4.78, 5) is 16.3. The van der Waals surface area contributed by atoms with E-state index in [0.29, 0.717) is 0 Å². The number of likely N-dealkylation sites (tertiary alicyclic amines) is 1. The normalized spacial score (nSPS) is 18.0. The number of nitrogens with zero attached hydrogens (tertiary/aromatic N) is 1. The van der Waals surface area contributed by atoms with Crippen LogP contribution in [0.5, 0.6) is 0 Å². The molecule has 0 bridgehead atoms. The van der Waals surface area contributed by atoms with Crippen molar-refractivity contribution in [3.8, 4) is 0 Å². The number of hydrogen-bond acceptors (Lipinski definition) is 3. The zero-order chi connectivity index (χ0) is 16.4. The minimum Gasteiger partial charge on any atom is -0.481 e. The maximum Gasteiger partial charge on any atom is 0.306 e. The van der Waals surface area contributed by atoms with Crippen molar-refractivity contribution in [3.05, 3.63) is 57.3 Å². The molecule has 1 unspecified atom stereocenters. The van der Waals surface area contributed by atoms with Gasteiger partial charge in [0.15, 0.2) is 0 Å². The van der Waals surface area contributed by atoms with E-state index in [-0.39, 0.29) is 12.0 Å². The van der Waals surface area contributed by atoms with E-state index in [2.05, 4.69) is 55.1 Å². The van der Waals surface area contributed by atoms with Crippen LogP contribution in [0.3, 0.4) is 0 Å². The fourth-order valence-corrected chi connectivity index (χ4v) is 4.35. The van der Waals surface area contributed by atoms with Gasteiger partial charge in [-0.05, 0) is 57.5 Å². The van der Waals surface area contributed by atoms with Gasteiger partial charge in [0, 0.05) is 9.75 Å². The quantitative estimate of drug-likeness (QED) is 0.911. The Bertz CT molecular complexity index is 669. The molecule has 1 saturated heterocycles. The van der Waals surface area contributed by atoms with Gasteiger partial charge in [0.25, 0.3) is 0 Å². The topological polar surface area (TPSA) is 40.5 Å². The number of piperidine rings is 1. The molecule has 122 valence electrons. The van der Waals surface area contributed by atoms with Gasteiger partial charge in [-0.25, -0.2) is 0 Å². The fourth-order valence-electron chi connectivity index (χ4n) is 3.31. The molecule has 4 heteroatoms. The molecule has 1 fully saturated rings. The van der Waals surface area contributed by atoms with Crippen molar-refractivity contribution >= 4 is 17.3 Å². The molecule has 1 aromatic carbocycles. The first-order chi connectivity index (χ1) is 11.0. The van der Waals surface area contributed by atoms with Gasteiger partial charge < -0.3 is 5.11 Å². The highest BCUT2D eigenvalue weighted by molar-refractivity contribution is 7.12. The van der Waals surface area contributed by atoms with Gasteiger partial charge in [-0.3, -0.25) is 9.69 Å². The van der Waals surface area contributed by atoms with Gasteiger partial charge in [-0.1, -0.05) is 29.8 Å². The zero-order valence-electron chi connectivity index (χ0n) is 13.7. The molecule has 3 rings (SSSR count). The van der Waals surface area contributed by atoms with Gasteiger partial charge in [-0.15, -0.1) is 11.3 Å². The highest BCUT2D eigenvalue weighted by Gasteiger charge is 2.30. The van der Waals surface area contributed by atoms with E-state index in [0.717, 1.165) is 25.9 Å². The SMILES string of the molecule is Cc1ccc(C(c2ccc(C)s2)N2CCC(C(=O)O)CC2)cc1. The third-order valence-corrected chi connectivity index (χ3v) is 5.72. The fraction of sp³-hybridized carbons (Fsp3) is 0.421. The van der Waals surface area contributed by atoms with Gasteiger partial charge in [0.1, 0.15) is 0 Å². The Kier molecular flexibility index (Phi) is 4.83. The number of rotatable bonds is 4. The Morgan fingerprint density at radius 1 is 1.13 bits per heavy atom. The second-order valence-corrected chi connectivity index (χ2v) is 7.73. The Labute approximate surface area is 141 Å². The minimum atomic E-state index is -0.650. The highest BCUT2D eigenvalue weighted by Crippen LogP contribution is 2.36. The maximum atomic E-state index is 11.2. The summed E-state index contributed by atoms with van der Waals surface area (Å²) in [6.45, 7) is 5.92. The lowest BCUT2D eigenvalue weighted by Gasteiger charge is -2.36. The third-order valence-electron chi connectivity index (χ3n) is 4.67. The average molecular weight is 329 g/mol. The molecule has 0 spiro atoms. The standard InChI is InChI=1S/C19H23NO2S/c1-13-3-6-15(7-4-13)18(17-8-5-14(2)23-17)20-11-9-16(10-12-20)19(21)22/h3-8,16,18H,9-12H2,1-2H3,(H,21,22). The Hall–Kier alpha value is -1.65. The molecule has 1 aromatic heterocycles. The zero-order valence-corrected chi connectivity index (χ0v) is 14.5. The van der Waals surface area contributed by atoms with E-state index in [1.165, 1.54) is 20.9 Å². The van der Waals surface area contributed by atoms with Crippen LogP contribution in [0.1, 0.15) is 39.8 Å². The van der Waals surface area contributed by atoms with Crippen LogP contribution >= 0.6 is 11.3 Å². The van der Waals surface area contributed by atoms with Gasteiger partial charge in [0.05, 0.1) is 12.0 Å². The first kappa shape index (κ1) is 16.2. The van der Waals surface area contributed by atoms with Crippen LogP contribution in [0.4, 0.5) is 0 Å². The number of hydrogen-bond donors (Lipinski definition) is 1. The Morgan fingerprint density at radius 3 is 2.30 bits per heavy atom. The molecule has 23 heavy (non-hydrogen) atoms. The lowest BCUT2D eigenvalue weighted by atomic mass is 9.93. The first-order valence-corrected chi connectivity index (χ1v) is 8.96. The Balaban J connectivity index is 1.87. The van der Waals surface area contributed by atoms with Crippen molar-refractivity contribution in [1.82, 2.24) is 4.90 Å².